The van der Waals surface area contributed by atoms with Crippen LogP contribution in [0.2, 0.25) is 0 Å². The van der Waals surface area contributed by atoms with E-state index < -0.39 is 0 Å². The van der Waals surface area contributed by atoms with Crippen LogP contribution in [0.4, 0.5) is 0 Å². The second-order valence-corrected chi connectivity index (χ2v) is 6.16. The van der Waals surface area contributed by atoms with E-state index in [1.165, 1.54) is 10.9 Å². The number of aryl methyl sites for hydroxylation is 1. The second-order valence-electron chi connectivity index (χ2n) is 6.16. The summed E-state index contributed by atoms with van der Waals surface area (Å²) in [4.78, 5) is 15.0. The quantitative estimate of drug-likeness (QED) is 0.702. The minimum Gasteiger partial charge on any atom is -0.393 e. The Labute approximate surface area is 131 Å². The zero-order chi connectivity index (χ0) is 15.9. The Kier molecular flexibility index (Phi) is 6.01. The number of amides is 1. The van der Waals surface area contributed by atoms with Gasteiger partial charge in [-0.1, -0.05) is 32.0 Å². The van der Waals surface area contributed by atoms with Crippen LogP contribution < -0.4 is 5.32 Å². The molecule has 1 heterocycles. The molecule has 0 bridgehead atoms. The fourth-order valence-corrected chi connectivity index (χ4v) is 2.56. The van der Waals surface area contributed by atoms with Gasteiger partial charge in [-0.2, -0.15) is 0 Å². The molecule has 0 aliphatic rings. The van der Waals surface area contributed by atoms with Crippen LogP contribution in [0.15, 0.2) is 30.5 Å². The van der Waals surface area contributed by atoms with Gasteiger partial charge in [-0.05, 0) is 36.8 Å². The van der Waals surface area contributed by atoms with E-state index >= 15 is 0 Å². The van der Waals surface area contributed by atoms with Gasteiger partial charge < -0.3 is 15.4 Å². The number of rotatable bonds is 8. The summed E-state index contributed by atoms with van der Waals surface area (Å²) in [6.45, 7) is 4.51. The molecular weight excluding hydrogens is 276 g/mol. The Morgan fingerprint density at radius 1 is 1.32 bits per heavy atom. The number of aliphatic hydroxyl groups is 1. The van der Waals surface area contributed by atoms with Gasteiger partial charge in [0.25, 0.3) is 0 Å². The first kappa shape index (κ1) is 16.6. The van der Waals surface area contributed by atoms with E-state index in [2.05, 4.69) is 22.4 Å². The molecule has 2 aromatic rings. The largest absolute Gasteiger partial charge is 0.393 e. The molecule has 0 aliphatic heterocycles. The topological polar surface area (TPSA) is 65.1 Å². The summed E-state index contributed by atoms with van der Waals surface area (Å²) in [5.74, 6) is 0.301. The highest BCUT2D eigenvalue weighted by Crippen LogP contribution is 2.19. The van der Waals surface area contributed by atoms with Crippen LogP contribution in [0.3, 0.4) is 0 Å². The van der Waals surface area contributed by atoms with Crippen molar-refractivity contribution in [1.82, 2.24) is 10.3 Å². The summed E-state index contributed by atoms with van der Waals surface area (Å²) in [6, 6.07) is 8.22. The third kappa shape index (κ3) is 4.60. The van der Waals surface area contributed by atoms with Gasteiger partial charge in [0, 0.05) is 30.1 Å². The zero-order valence-corrected chi connectivity index (χ0v) is 13.4. The van der Waals surface area contributed by atoms with Gasteiger partial charge >= 0.3 is 0 Å². The third-order valence-corrected chi connectivity index (χ3v) is 4.06. The average molecular weight is 302 g/mol. The molecule has 0 saturated carbocycles. The van der Waals surface area contributed by atoms with Crippen LogP contribution in [0.1, 0.15) is 38.7 Å². The van der Waals surface area contributed by atoms with E-state index in [1.54, 1.807) is 0 Å². The number of H-pyrrole nitrogens is 1. The molecule has 1 unspecified atom stereocenters. The van der Waals surface area contributed by atoms with Crippen molar-refractivity contribution in [1.29, 1.82) is 0 Å². The summed E-state index contributed by atoms with van der Waals surface area (Å²) in [6.07, 6.45) is 4.56. The monoisotopic (exact) mass is 302 g/mol. The Morgan fingerprint density at radius 2 is 2.09 bits per heavy atom. The smallest absolute Gasteiger partial charge is 0.220 e. The number of aromatic nitrogens is 1. The highest BCUT2D eigenvalue weighted by molar-refractivity contribution is 5.83. The SMILES string of the molecule is CC(C)C(O)CCNC(=O)CCCc1c[nH]c2ccccc12. The number of para-hydroxylation sites is 1. The molecule has 0 aliphatic carbocycles. The molecule has 22 heavy (non-hydrogen) atoms. The third-order valence-electron chi connectivity index (χ3n) is 4.06. The van der Waals surface area contributed by atoms with Gasteiger partial charge in [0.2, 0.25) is 5.91 Å². The molecule has 1 aromatic carbocycles. The maximum Gasteiger partial charge on any atom is 0.220 e. The standard InChI is InChI=1S/C18H26N2O2/c1-13(2)17(21)10-11-19-18(22)9-5-6-14-12-20-16-8-4-3-7-15(14)16/h3-4,7-8,12-13,17,20-21H,5-6,9-11H2,1-2H3,(H,19,22). The van der Waals surface area contributed by atoms with Gasteiger partial charge in [-0.3, -0.25) is 4.79 Å². The number of hydrogen-bond acceptors (Lipinski definition) is 2. The lowest BCUT2D eigenvalue weighted by molar-refractivity contribution is -0.121. The normalized spacial score (nSPS) is 12.7. The van der Waals surface area contributed by atoms with E-state index in [1.807, 2.05) is 32.2 Å². The van der Waals surface area contributed by atoms with Crippen LogP contribution in [0.5, 0.6) is 0 Å². The lowest BCUT2D eigenvalue weighted by Gasteiger charge is -2.14. The molecule has 120 valence electrons. The number of hydrogen-bond donors (Lipinski definition) is 3. The van der Waals surface area contributed by atoms with Crippen LogP contribution in [-0.2, 0) is 11.2 Å². The number of carbonyl (C=O) groups is 1. The highest BCUT2D eigenvalue weighted by atomic mass is 16.3. The summed E-state index contributed by atoms with van der Waals surface area (Å²) >= 11 is 0. The van der Waals surface area contributed by atoms with Crippen LogP contribution in [-0.4, -0.2) is 28.6 Å². The van der Waals surface area contributed by atoms with E-state index in [9.17, 15) is 9.90 Å². The van der Waals surface area contributed by atoms with Crippen molar-refractivity contribution in [3.8, 4) is 0 Å². The molecule has 0 spiro atoms. The van der Waals surface area contributed by atoms with Crippen molar-refractivity contribution >= 4 is 16.8 Å². The molecule has 2 rings (SSSR count). The van der Waals surface area contributed by atoms with E-state index in [4.69, 9.17) is 0 Å². The molecule has 4 nitrogen and oxygen atoms in total. The fraction of sp³-hybridized carbons (Fsp3) is 0.500. The summed E-state index contributed by atoms with van der Waals surface area (Å²) in [7, 11) is 0. The van der Waals surface area contributed by atoms with E-state index in [0.717, 1.165) is 18.4 Å². The molecule has 0 radical (unpaired) electrons. The van der Waals surface area contributed by atoms with Gasteiger partial charge in [0.05, 0.1) is 6.10 Å². The van der Waals surface area contributed by atoms with Crippen molar-refractivity contribution in [2.45, 2.75) is 45.6 Å². The molecule has 1 amide bonds. The summed E-state index contributed by atoms with van der Waals surface area (Å²) in [5, 5.41) is 13.8. The van der Waals surface area contributed by atoms with Crippen LogP contribution in [0.25, 0.3) is 10.9 Å². The molecule has 3 N–H and O–H groups in total. The first-order valence-electron chi connectivity index (χ1n) is 8.07. The second kappa shape index (κ2) is 7.99. The Bertz CT molecular complexity index is 604. The first-order valence-corrected chi connectivity index (χ1v) is 8.07. The van der Waals surface area contributed by atoms with Crippen molar-refractivity contribution in [2.75, 3.05) is 6.54 Å². The van der Waals surface area contributed by atoms with E-state index in [0.29, 0.717) is 19.4 Å². The maximum atomic E-state index is 11.8. The number of carbonyl (C=O) groups excluding carboxylic acids is 1. The number of fused-ring (bicyclic) bond motifs is 1. The van der Waals surface area contributed by atoms with Gasteiger partial charge in [-0.25, -0.2) is 0 Å². The highest BCUT2D eigenvalue weighted by Gasteiger charge is 2.09. The molecule has 0 saturated heterocycles. The Balaban J connectivity index is 1.69. The maximum absolute atomic E-state index is 11.8. The van der Waals surface area contributed by atoms with Crippen molar-refractivity contribution in [2.24, 2.45) is 5.92 Å². The lowest BCUT2D eigenvalue weighted by Crippen LogP contribution is -2.28. The summed E-state index contributed by atoms with van der Waals surface area (Å²) < 4.78 is 0. The van der Waals surface area contributed by atoms with Crippen molar-refractivity contribution < 1.29 is 9.90 Å². The average Bonchev–Trinajstić information content (AvgIpc) is 2.90. The predicted molar refractivity (Wildman–Crippen MR) is 89.7 cm³/mol. The van der Waals surface area contributed by atoms with Gasteiger partial charge in [-0.15, -0.1) is 0 Å². The van der Waals surface area contributed by atoms with Crippen LogP contribution in [0, 0.1) is 5.92 Å². The number of aliphatic hydroxyl groups excluding tert-OH is 1. The molecule has 1 atom stereocenters. The van der Waals surface area contributed by atoms with Gasteiger partial charge in [0.15, 0.2) is 0 Å². The Hall–Kier alpha value is -1.81. The molecule has 1 aromatic heterocycles. The molecule has 0 fully saturated rings. The van der Waals surface area contributed by atoms with E-state index in [-0.39, 0.29) is 17.9 Å². The van der Waals surface area contributed by atoms with Crippen LogP contribution >= 0.6 is 0 Å². The molecular formula is C18H26N2O2. The minimum atomic E-state index is -0.341. The van der Waals surface area contributed by atoms with Crippen molar-refractivity contribution in [3.63, 3.8) is 0 Å². The van der Waals surface area contributed by atoms with Crippen molar-refractivity contribution in [3.05, 3.63) is 36.0 Å². The number of benzene rings is 1. The minimum absolute atomic E-state index is 0.0656. The number of nitrogens with one attached hydrogen (secondary N) is 2. The van der Waals surface area contributed by atoms with Gasteiger partial charge in [0.1, 0.15) is 0 Å². The first-order chi connectivity index (χ1) is 10.6. The lowest BCUT2D eigenvalue weighted by atomic mass is 10.0. The predicted octanol–water partition coefficient (Wildman–Crippen LogP) is 3.01. The summed E-state index contributed by atoms with van der Waals surface area (Å²) in [5.41, 5.74) is 2.41. The Morgan fingerprint density at radius 3 is 2.86 bits per heavy atom. The fourth-order valence-electron chi connectivity index (χ4n) is 2.56. The number of aromatic amines is 1. The zero-order valence-electron chi connectivity index (χ0n) is 13.4. The molecule has 4 heteroatoms.